The average Bonchev–Trinajstić information content (AvgIpc) is 3.61. The number of amides is 3. The number of benzene rings is 3. The molecule has 4 aromatic rings. The molecule has 3 amide bonds. The van der Waals surface area contributed by atoms with Crippen molar-refractivity contribution in [1.82, 2.24) is 30.1 Å². The summed E-state index contributed by atoms with van der Waals surface area (Å²) < 4.78 is 57.0. The van der Waals surface area contributed by atoms with Crippen LogP contribution in [0.15, 0.2) is 72.8 Å². The summed E-state index contributed by atoms with van der Waals surface area (Å²) in [6.45, 7) is 0.153. The number of nitrogens with zero attached hydrogens (tertiary/aromatic N) is 5. The smallest absolute Gasteiger partial charge is 0.422 e. The first kappa shape index (κ1) is 36.8. The molecule has 2 aliphatic heterocycles. The van der Waals surface area contributed by atoms with Gasteiger partial charge >= 0.3 is 24.0 Å². The Labute approximate surface area is 312 Å². The summed E-state index contributed by atoms with van der Waals surface area (Å²) in [6, 6.07) is 18.8. The summed E-state index contributed by atoms with van der Waals surface area (Å²) >= 11 is 6.05. The van der Waals surface area contributed by atoms with Crippen molar-refractivity contribution in [3.63, 3.8) is 0 Å². The summed E-state index contributed by atoms with van der Waals surface area (Å²) in [5, 5.41) is 9.35. The number of alkyl halides is 3. The van der Waals surface area contributed by atoms with Gasteiger partial charge in [0.2, 0.25) is 11.9 Å². The van der Waals surface area contributed by atoms with Crippen molar-refractivity contribution >= 4 is 46.9 Å². The maximum absolute atomic E-state index is 13.5. The van der Waals surface area contributed by atoms with Crippen molar-refractivity contribution in [1.29, 1.82) is 0 Å². The van der Waals surface area contributed by atoms with E-state index in [9.17, 15) is 31.9 Å². The Balaban J connectivity index is 0.966. The third kappa shape index (κ3) is 8.65. The summed E-state index contributed by atoms with van der Waals surface area (Å²) in [4.78, 5) is 54.7. The molecule has 1 aromatic heterocycles. The maximum atomic E-state index is 13.5. The van der Waals surface area contributed by atoms with E-state index in [1.54, 1.807) is 41.3 Å². The highest BCUT2D eigenvalue weighted by atomic mass is 35.5. The Morgan fingerprint density at radius 1 is 0.815 bits per heavy atom. The Hall–Kier alpha value is -5.51. The van der Waals surface area contributed by atoms with Gasteiger partial charge in [-0.1, -0.05) is 35.9 Å². The van der Waals surface area contributed by atoms with Crippen LogP contribution in [0, 0.1) is 11.2 Å². The molecule has 0 radical (unpaired) electrons. The van der Waals surface area contributed by atoms with Crippen LogP contribution in [-0.4, -0.2) is 81.4 Å². The average molecular weight is 767 g/mol. The molecule has 7 rings (SSSR count). The predicted molar refractivity (Wildman–Crippen MR) is 189 cm³/mol. The number of likely N-dealkylation sites (tertiary alicyclic amines) is 2. The summed E-state index contributed by atoms with van der Waals surface area (Å²) in [5.41, 5.74) is 1.61. The van der Waals surface area contributed by atoms with E-state index in [-0.39, 0.29) is 29.8 Å². The van der Waals surface area contributed by atoms with E-state index in [1.165, 1.54) is 29.2 Å². The van der Waals surface area contributed by atoms with Gasteiger partial charge in [0.25, 0.3) is 5.91 Å². The molecule has 54 heavy (non-hydrogen) atoms. The minimum absolute atomic E-state index is 0.0182. The second-order valence-corrected chi connectivity index (χ2v) is 14.3. The number of ether oxygens (including phenoxy) is 1. The first-order valence-electron chi connectivity index (χ1n) is 17.2. The Morgan fingerprint density at radius 3 is 2.13 bits per heavy atom. The molecule has 3 heterocycles. The fourth-order valence-corrected chi connectivity index (χ4v) is 6.96. The lowest BCUT2D eigenvalue weighted by molar-refractivity contribution is -0.154. The SMILES string of the molecule is O=C(NCc1ccc(F)cc1)C(=O)N1CCC2(CCN(C(=O)c3ccc(Nc4nc(NC5(c6ccc(Cl)cc6)CC5)nc(OCC(F)(F)F)n4)cc3)C2)C1. The van der Waals surface area contributed by atoms with E-state index < -0.39 is 42.0 Å². The molecule has 0 bridgehead atoms. The minimum Gasteiger partial charge on any atom is -0.454 e. The van der Waals surface area contributed by atoms with Crippen molar-refractivity contribution in [2.24, 2.45) is 5.41 Å². The quantitative estimate of drug-likeness (QED) is 0.134. The summed E-state index contributed by atoms with van der Waals surface area (Å²) in [6.07, 6.45) is -1.81. The zero-order chi connectivity index (χ0) is 38.1. The fourth-order valence-electron chi connectivity index (χ4n) is 6.83. The van der Waals surface area contributed by atoms with Gasteiger partial charge in [-0.05, 0) is 85.3 Å². The zero-order valence-electron chi connectivity index (χ0n) is 28.8. The molecule has 3 aliphatic rings. The van der Waals surface area contributed by atoms with Crippen LogP contribution < -0.4 is 20.7 Å². The van der Waals surface area contributed by atoms with Gasteiger partial charge in [-0.3, -0.25) is 14.4 Å². The highest BCUT2D eigenvalue weighted by Crippen LogP contribution is 2.48. The molecule has 282 valence electrons. The molecule has 1 saturated carbocycles. The van der Waals surface area contributed by atoms with Crippen molar-refractivity contribution in [2.75, 3.05) is 43.4 Å². The molecule has 12 nitrogen and oxygen atoms in total. The number of aromatic nitrogens is 3. The van der Waals surface area contributed by atoms with Crippen LogP contribution >= 0.6 is 11.6 Å². The largest absolute Gasteiger partial charge is 0.454 e. The second kappa shape index (κ2) is 14.7. The lowest BCUT2D eigenvalue weighted by Crippen LogP contribution is -2.43. The monoisotopic (exact) mass is 766 g/mol. The number of anilines is 3. The van der Waals surface area contributed by atoms with Crippen molar-refractivity contribution in [3.8, 4) is 6.01 Å². The van der Waals surface area contributed by atoms with Gasteiger partial charge in [0.1, 0.15) is 5.82 Å². The molecule has 1 unspecified atom stereocenters. The third-order valence-electron chi connectivity index (χ3n) is 9.88. The molecular weight excluding hydrogens is 732 g/mol. The number of hydrogen-bond acceptors (Lipinski definition) is 9. The normalized spacial score (nSPS) is 18.8. The minimum atomic E-state index is -4.61. The van der Waals surface area contributed by atoms with Crippen LogP contribution in [0.2, 0.25) is 5.02 Å². The van der Waals surface area contributed by atoms with Gasteiger partial charge in [0.05, 0.1) is 5.54 Å². The van der Waals surface area contributed by atoms with E-state index in [0.29, 0.717) is 60.9 Å². The van der Waals surface area contributed by atoms with Gasteiger partial charge in [0, 0.05) is 54.4 Å². The van der Waals surface area contributed by atoms with Gasteiger partial charge in [-0.15, -0.1) is 0 Å². The van der Waals surface area contributed by atoms with Crippen LogP contribution in [-0.2, 0) is 21.7 Å². The van der Waals surface area contributed by atoms with E-state index in [2.05, 4.69) is 30.9 Å². The third-order valence-corrected chi connectivity index (χ3v) is 10.1. The molecular formula is C37H35ClF4N8O4. The zero-order valence-corrected chi connectivity index (χ0v) is 29.5. The van der Waals surface area contributed by atoms with Crippen LogP contribution in [0.3, 0.4) is 0 Å². The summed E-state index contributed by atoms with van der Waals surface area (Å²) in [5.74, 6) is -2.03. The fraction of sp³-hybridized carbons (Fsp3) is 0.351. The van der Waals surface area contributed by atoms with E-state index in [0.717, 1.165) is 18.4 Å². The maximum Gasteiger partial charge on any atom is 0.422 e. The molecule has 17 heteroatoms. The highest BCUT2D eigenvalue weighted by molar-refractivity contribution is 6.35. The molecule has 3 N–H and O–H groups in total. The summed E-state index contributed by atoms with van der Waals surface area (Å²) in [7, 11) is 0. The Kier molecular flexibility index (Phi) is 10.0. The van der Waals surface area contributed by atoms with Crippen LogP contribution in [0.4, 0.5) is 35.1 Å². The first-order chi connectivity index (χ1) is 25.8. The van der Waals surface area contributed by atoms with Gasteiger partial charge in [-0.2, -0.15) is 28.1 Å². The van der Waals surface area contributed by atoms with Crippen LogP contribution in [0.1, 0.15) is 47.2 Å². The van der Waals surface area contributed by atoms with Crippen LogP contribution in [0.25, 0.3) is 0 Å². The number of hydrogen-bond donors (Lipinski definition) is 3. The standard InChI is InChI=1S/C37H35ClF4N8O4/c38-26-7-5-25(6-8-26)36(13-14-36)48-33-45-32(46-34(47-33)54-22-37(40,41)42)44-28-11-3-24(4-12-28)30(52)49-17-15-35(20-49)16-18-50(21-35)31(53)29(51)43-19-23-1-9-27(39)10-2-23/h1-12H,13-22H2,(H,43,51)(H2,44,45,46,47,48). The highest BCUT2D eigenvalue weighted by Gasteiger charge is 2.47. The number of carbonyl (C=O) groups is 3. The molecule has 1 atom stereocenters. The molecule has 3 aromatic carbocycles. The van der Waals surface area contributed by atoms with Crippen molar-refractivity contribution < 1.29 is 36.7 Å². The first-order valence-corrected chi connectivity index (χ1v) is 17.6. The van der Waals surface area contributed by atoms with E-state index in [1.807, 2.05) is 12.1 Å². The predicted octanol–water partition coefficient (Wildman–Crippen LogP) is 5.83. The molecule has 2 saturated heterocycles. The topological polar surface area (TPSA) is 142 Å². The van der Waals surface area contributed by atoms with Crippen molar-refractivity contribution in [2.45, 2.75) is 43.9 Å². The van der Waals surface area contributed by atoms with Crippen LogP contribution in [0.5, 0.6) is 6.01 Å². The molecule has 1 aliphatic carbocycles. The van der Waals surface area contributed by atoms with Gasteiger partial charge < -0.3 is 30.5 Å². The second-order valence-electron chi connectivity index (χ2n) is 13.8. The number of halogens is 5. The van der Waals surface area contributed by atoms with E-state index >= 15 is 0 Å². The lowest BCUT2D eigenvalue weighted by Gasteiger charge is -2.24. The Morgan fingerprint density at radius 2 is 1.46 bits per heavy atom. The van der Waals surface area contributed by atoms with Gasteiger partial charge in [-0.25, -0.2) is 4.39 Å². The Bertz CT molecular complexity index is 2030. The van der Waals surface area contributed by atoms with Crippen molar-refractivity contribution in [3.05, 3.63) is 100 Å². The van der Waals surface area contributed by atoms with E-state index in [4.69, 9.17) is 16.3 Å². The number of carbonyl (C=O) groups excluding carboxylic acids is 3. The van der Waals surface area contributed by atoms with Gasteiger partial charge in [0.15, 0.2) is 6.61 Å². The number of rotatable bonds is 10. The molecule has 1 spiro atoms. The number of nitrogens with one attached hydrogen (secondary N) is 3. The molecule has 3 fully saturated rings. The lowest BCUT2D eigenvalue weighted by atomic mass is 9.86.